The molecule has 0 spiro atoms. The van der Waals surface area contributed by atoms with Crippen LogP contribution in [0.3, 0.4) is 0 Å². The molecule has 0 unspecified atom stereocenters. The molecule has 0 radical (unpaired) electrons. The number of carbonyl (C=O) groups excluding carboxylic acids is 3. The van der Waals surface area contributed by atoms with Crippen LogP contribution in [0.2, 0.25) is 0 Å². The molecule has 27 heavy (non-hydrogen) atoms. The highest BCUT2D eigenvalue weighted by Crippen LogP contribution is 2.31. The molecule has 0 aromatic heterocycles. The minimum Gasteiger partial charge on any atom is -1.00 e. The number of hydrogen-bond acceptors (Lipinski definition) is 3. The number of nitrogens with zero attached hydrogens (tertiary/aromatic N) is 1. The first-order chi connectivity index (χ1) is 11.8. The van der Waals surface area contributed by atoms with Crippen LogP contribution < -0.4 is 17.7 Å². The molecule has 0 atom stereocenters. The van der Waals surface area contributed by atoms with Crippen LogP contribution in [0.15, 0.2) is 42.5 Å². The summed E-state index contributed by atoms with van der Waals surface area (Å²) in [4.78, 5) is 38.0. The van der Waals surface area contributed by atoms with Crippen LogP contribution in [0.4, 0.5) is 5.69 Å². The van der Waals surface area contributed by atoms with Crippen LogP contribution >= 0.6 is 0 Å². The van der Waals surface area contributed by atoms with Gasteiger partial charge in [-0.15, -0.1) is 0 Å². The van der Waals surface area contributed by atoms with Crippen LogP contribution in [-0.2, 0) is 4.79 Å². The zero-order chi connectivity index (χ0) is 18.2. The smallest absolute Gasteiger partial charge is 0.279 e. The maximum atomic E-state index is 12.9. The fourth-order valence-corrected chi connectivity index (χ4v) is 2.94. The number of rotatable bonds is 4. The first-order valence-electron chi connectivity index (χ1n) is 8.27. The number of halogens is 1. The van der Waals surface area contributed by atoms with E-state index in [0.29, 0.717) is 33.4 Å². The lowest BCUT2D eigenvalue weighted by atomic mass is 9.83. The molecule has 2 aromatic carbocycles. The minimum absolute atomic E-state index is 0. The third-order valence-electron chi connectivity index (χ3n) is 4.65. The van der Waals surface area contributed by atoms with E-state index in [0.717, 1.165) is 6.54 Å². The van der Waals surface area contributed by atoms with Crippen molar-refractivity contribution in [3.8, 4) is 0 Å². The number of anilines is 1. The Bertz CT molecular complexity index is 891. The summed E-state index contributed by atoms with van der Waals surface area (Å²) in [6, 6.07) is 11.8. The Hall–Kier alpha value is -2.50. The Labute approximate surface area is 166 Å². The summed E-state index contributed by atoms with van der Waals surface area (Å²) in [6.45, 7) is 3.11. The molecule has 2 aromatic rings. The third-order valence-corrected chi connectivity index (χ3v) is 4.65. The molecule has 0 heterocycles. The van der Waals surface area contributed by atoms with Gasteiger partial charge in [0.05, 0.1) is 31.9 Å². The molecule has 3 rings (SSSR count). The minimum atomic E-state index is -0.231. The largest absolute Gasteiger partial charge is 1.00 e. The third kappa shape index (κ3) is 4.26. The van der Waals surface area contributed by atoms with Crippen LogP contribution in [0.1, 0.15) is 46.2 Å². The summed E-state index contributed by atoms with van der Waals surface area (Å²) < 4.78 is 0.538. The normalized spacial score (nSPS) is 12.3. The van der Waals surface area contributed by atoms with E-state index in [9.17, 15) is 14.4 Å². The average Bonchev–Trinajstić information content (AvgIpc) is 2.59. The van der Waals surface area contributed by atoms with Gasteiger partial charge in [0.15, 0.2) is 18.1 Å². The maximum Gasteiger partial charge on any atom is 0.279 e. The second-order valence-corrected chi connectivity index (χ2v) is 6.89. The van der Waals surface area contributed by atoms with Gasteiger partial charge in [-0.2, -0.15) is 0 Å². The van der Waals surface area contributed by atoms with Gasteiger partial charge in [0.25, 0.3) is 5.91 Å². The number of nitrogens with one attached hydrogen (secondary N) is 1. The van der Waals surface area contributed by atoms with Crippen molar-refractivity contribution in [2.75, 3.05) is 32.5 Å². The highest BCUT2D eigenvalue weighted by Gasteiger charge is 2.32. The Morgan fingerprint density at radius 3 is 2.07 bits per heavy atom. The second kappa shape index (κ2) is 8.46. The van der Waals surface area contributed by atoms with Crippen molar-refractivity contribution in [1.82, 2.24) is 0 Å². The zero-order valence-electron chi connectivity index (χ0n) is 15.0. The summed E-state index contributed by atoms with van der Waals surface area (Å²) in [5, 5.41) is 2.81. The Morgan fingerprint density at radius 1 is 0.926 bits per heavy atom. The van der Waals surface area contributed by atoms with Gasteiger partial charge in [-0.3, -0.25) is 14.4 Å². The van der Waals surface area contributed by atoms with Gasteiger partial charge < -0.3 is 22.2 Å². The van der Waals surface area contributed by atoms with Crippen LogP contribution in [0.5, 0.6) is 0 Å². The molecule has 1 aliphatic rings. The first-order valence-corrected chi connectivity index (χ1v) is 8.27. The fourth-order valence-electron chi connectivity index (χ4n) is 2.94. The predicted octanol–water partition coefficient (Wildman–Crippen LogP) is 0.137. The van der Waals surface area contributed by atoms with Crippen LogP contribution in [-0.4, -0.2) is 49.1 Å². The van der Waals surface area contributed by atoms with Gasteiger partial charge in [0.2, 0.25) is 0 Å². The summed E-state index contributed by atoms with van der Waals surface area (Å²) in [5.41, 5.74) is 1.80. The molecule has 0 bridgehead atoms. The lowest BCUT2D eigenvalue weighted by Gasteiger charge is -2.27. The number of hydrogen-bond donors (Lipinski definition) is 1. The number of carbonyl (C=O) groups is 3. The van der Waals surface area contributed by atoms with Gasteiger partial charge in [-0.1, -0.05) is 43.8 Å². The number of ketones is 2. The molecule has 0 saturated carbocycles. The molecule has 0 aliphatic heterocycles. The van der Waals surface area contributed by atoms with Crippen molar-refractivity contribution < 1.29 is 31.3 Å². The highest BCUT2D eigenvalue weighted by atomic mass is 35.5. The molecule has 0 saturated heterocycles. The highest BCUT2D eigenvalue weighted by molar-refractivity contribution is 6.30. The van der Waals surface area contributed by atoms with Crippen molar-refractivity contribution in [2.24, 2.45) is 0 Å². The lowest BCUT2D eigenvalue weighted by Crippen LogP contribution is -3.00. The van der Waals surface area contributed by atoms with E-state index in [1.807, 2.05) is 21.0 Å². The SMILES string of the molecule is C.CC[N+](C)(C)CC(=O)Nc1cccc2c1C(=O)c1ccccc1C2=O.[Cl-]. The van der Waals surface area contributed by atoms with Gasteiger partial charge in [-0.05, 0) is 13.0 Å². The predicted molar refractivity (Wildman–Crippen MR) is 103 cm³/mol. The maximum absolute atomic E-state index is 12.9. The van der Waals surface area contributed by atoms with Gasteiger partial charge >= 0.3 is 0 Å². The second-order valence-electron chi connectivity index (χ2n) is 6.89. The number of likely N-dealkylation sites (N-methyl/N-ethyl adjacent to an activating group) is 1. The number of fused-ring (bicyclic) bond motifs is 2. The van der Waals surface area contributed by atoms with E-state index < -0.39 is 0 Å². The van der Waals surface area contributed by atoms with Crippen molar-refractivity contribution in [3.63, 3.8) is 0 Å². The van der Waals surface area contributed by atoms with Gasteiger partial charge in [0, 0.05) is 16.7 Å². The van der Waals surface area contributed by atoms with E-state index in [-0.39, 0.29) is 42.9 Å². The number of amides is 1. The average molecular weight is 389 g/mol. The summed E-state index contributed by atoms with van der Waals surface area (Å²) >= 11 is 0. The van der Waals surface area contributed by atoms with E-state index in [1.54, 1.807) is 42.5 Å². The zero-order valence-corrected chi connectivity index (χ0v) is 15.8. The first kappa shape index (κ1) is 22.5. The van der Waals surface area contributed by atoms with Crippen molar-refractivity contribution in [1.29, 1.82) is 0 Å². The quantitative estimate of drug-likeness (QED) is 0.646. The lowest BCUT2D eigenvalue weighted by molar-refractivity contribution is -0.880. The van der Waals surface area contributed by atoms with Crippen molar-refractivity contribution in [3.05, 3.63) is 64.7 Å². The molecular weight excluding hydrogens is 364 g/mol. The molecule has 1 aliphatic carbocycles. The van der Waals surface area contributed by atoms with Crippen molar-refractivity contribution >= 4 is 23.2 Å². The van der Waals surface area contributed by atoms with Crippen LogP contribution in [0, 0.1) is 0 Å². The molecule has 1 amide bonds. The summed E-state index contributed by atoms with van der Waals surface area (Å²) in [6.07, 6.45) is 0. The van der Waals surface area contributed by atoms with E-state index >= 15 is 0 Å². The summed E-state index contributed by atoms with van der Waals surface area (Å²) in [5.74, 6) is -0.601. The standard InChI is InChI=1S/C20H20N2O3.CH4.ClH/c1-4-22(2,3)12-17(23)21-16-11-7-10-15-18(16)20(25)14-9-6-5-8-13(14)19(15)24;;/h5-11H,4,12H2,1-3H3;1H4;1H. The topological polar surface area (TPSA) is 63.2 Å². The van der Waals surface area contributed by atoms with Crippen molar-refractivity contribution in [2.45, 2.75) is 14.4 Å². The number of benzene rings is 2. The molecule has 5 nitrogen and oxygen atoms in total. The fraction of sp³-hybridized carbons (Fsp3) is 0.286. The van der Waals surface area contributed by atoms with Gasteiger partial charge in [-0.25, -0.2) is 0 Å². The van der Waals surface area contributed by atoms with E-state index in [2.05, 4.69) is 5.32 Å². The molecular formula is C21H25ClN2O3. The van der Waals surface area contributed by atoms with E-state index in [1.165, 1.54) is 0 Å². The Morgan fingerprint density at radius 2 is 1.48 bits per heavy atom. The molecule has 1 N–H and O–H groups in total. The molecule has 0 fully saturated rings. The summed E-state index contributed by atoms with van der Waals surface area (Å²) in [7, 11) is 3.93. The Balaban J connectivity index is 0.00000182. The van der Waals surface area contributed by atoms with Crippen LogP contribution in [0.25, 0.3) is 0 Å². The van der Waals surface area contributed by atoms with E-state index in [4.69, 9.17) is 0 Å². The van der Waals surface area contributed by atoms with Gasteiger partial charge in [0.1, 0.15) is 0 Å². The molecule has 6 heteroatoms. The monoisotopic (exact) mass is 388 g/mol. The Kier molecular flexibility index (Phi) is 7.06. The molecule has 144 valence electrons. The number of quaternary nitrogens is 1.